The second-order valence-corrected chi connectivity index (χ2v) is 3.49. The Bertz CT molecular complexity index is 366. The van der Waals surface area contributed by atoms with Crippen LogP contribution in [-0.4, -0.2) is 122 Å². The van der Waals surface area contributed by atoms with Crippen molar-refractivity contribution < 1.29 is 22.5 Å². The number of carbonyl (C=O) groups excluding carboxylic acids is 1. The van der Waals surface area contributed by atoms with Crippen molar-refractivity contribution in [2.24, 2.45) is 0 Å². The summed E-state index contributed by atoms with van der Waals surface area (Å²) < 4.78 is 40.2. The summed E-state index contributed by atoms with van der Waals surface area (Å²) in [5.74, 6) is 0. The van der Waals surface area contributed by atoms with Crippen molar-refractivity contribution >= 4 is 116 Å². The van der Waals surface area contributed by atoms with Gasteiger partial charge in [0.15, 0.2) is 0 Å². The summed E-state index contributed by atoms with van der Waals surface area (Å²) in [6, 6.07) is 8.89. The molecule has 0 radical (unpaired) electrons. The van der Waals surface area contributed by atoms with E-state index in [1.807, 2.05) is 11.4 Å². The molecule has 1 N–H and O–H groups in total. The summed E-state index contributed by atoms with van der Waals surface area (Å²) in [7, 11) is 0. The minimum absolute atomic E-state index is 0. The number of nitrogens with one attached hydrogen (secondary N) is 1. The molecule has 0 heterocycles. The molecule has 0 fully saturated rings. The van der Waals surface area contributed by atoms with Gasteiger partial charge < -0.3 is 23.0 Å². The number of halogens is 3. The van der Waals surface area contributed by atoms with Crippen LogP contribution in [0, 0.1) is 0 Å². The minimum atomic E-state index is -4.86. The van der Waals surface area contributed by atoms with E-state index in [1.54, 1.807) is 24.3 Å². The monoisotopic (exact) mass is 326 g/mol. The Kier molecular flexibility index (Phi) is 14.7. The van der Waals surface area contributed by atoms with E-state index >= 15 is 0 Å². The number of rotatable bonds is 5. The number of amides is 1. The summed E-state index contributed by atoms with van der Waals surface area (Å²) >= 11 is 0. The molecule has 0 aliphatic rings. The zero-order valence-electron chi connectivity index (χ0n) is 9.04. The Morgan fingerprint density at radius 1 is 1.16 bits per heavy atom. The van der Waals surface area contributed by atoms with E-state index in [0.717, 1.165) is 5.56 Å². The van der Waals surface area contributed by atoms with Crippen LogP contribution in [0.2, 0.25) is 6.32 Å². The van der Waals surface area contributed by atoms with Crippen LogP contribution in [0.15, 0.2) is 30.3 Å². The first-order valence-corrected chi connectivity index (χ1v) is 5.13. The normalized spacial score (nSPS) is 9.84. The first-order chi connectivity index (χ1) is 7.97. The van der Waals surface area contributed by atoms with Crippen molar-refractivity contribution in [1.29, 1.82) is 0 Å². The van der Waals surface area contributed by atoms with Gasteiger partial charge in [-0.15, -0.1) is 0 Å². The zero-order chi connectivity index (χ0) is 12.7. The fraction of sp³-hybridized carbons (Fsp3) is 0.300. The van der Waals surface area contributed by atoms with Gasteiger partial charge in [-0.05, 0) is 12.1 Å². The Morgan fingerprint density at radius 2 is 1.74 bits per heavy atom. The molecular formula is C10H14BF3K2NO2-. The molecule has 9 heteroatoms. The van der Waals surface area contributed by atoms with Crippen molar-refractivity contribution in [3.63, 3.8) is 0 Å². The van der Waals surface area contributed by atoms with E-state index in [2.05, 4.69) is 0 Å². The van der Waals surface area contributed by atoms with E-state index in [1.165, 1.54) is 0 Å². The number of hydrogen-bond acceptors (Lipinski definition) is 2. The van der Waals surface area contributed by atoms with Crippen LogP contribution in [0.5, 0.6) is 0 Å². The molecule has 19 heavy (non-hydrogen) atoms. The van der Waals surface area contributed by atoms with Crippen LogP contribution in [0.4, 0.5) is 17.7 Å². The van der Waals surface area contributed by atoms with E-state index in [0.29, 0.717) is 0 Å². The molecule has 1 rings (SSSR count). The number of alkyl carbamates (subject to hydrolysis) is 1. The van der Waals surface area contributed by atoms with Gasteiger partial charge in [0.25, 0.3) is 0 Å². The molecular weight excluding hydrogens is 312 g/mol. The molecule has 0 unspecified atom stereocenters. The van der Waals surface area contributed by atoms with Crippen LogP contribution < -0.4 is 5.32 Å². The molecule has 0 aliphatic carbocycles. The Balaban J connectivity index is 0. The van der Waals surface area contributed by atoms with Gasteiger partial charge in [0.05, 0.1) is 0 Å². The quantitative estimate of drug-likeness (QED) is 0.832. The van der Waals surface area contributed by atoms with Gasteiger partial charge in [-0.3, -0.25) is 0 Å². The van der Waals surface area contributed by atoms with Gasteiger partial charge in [-0.1, -0.05) is 36.7 Å². The second-order valence-electron chi connectivity index (χ2n) is 3.49. The molecule has 0 aliphatic heterocycles. The van der Waals surface area contributed by atoms with E-state index in [-0.39, 0.29) is 109 Å². The van der Waals surface area contributed by atoms with Crippen LogP contribution in [0.3, 0.4) is 0 Å². The Labute approximate surface area is 195 Å². The third-order valence-electron chi connectivity index (χ3n) is 1.95. The predicted molar refractivity (Wildman–Crippen MR) is 72.8 cm³/mol. The van der Waals surface area contributed by atoms with Crippen LogP contribution >= 0.6 is 0 Å². The molecule has 0 saturated carbocycles. The topological polar surface area (TPSA) is 38.3 Å². The van der Waals surface area contributed by atoms with Crippen molar-refractivity contribution in [2.75, 3.05) is 6.54 Å². The van der Waals surface area contributed by atoms with Gasteiger partial charge >= 0.3 is 116 Å². The number of ether oxygens (including phenoxy) is 1. The van der Waals surface area contributed by atoms with E-state index in [4.69, 9.17) is 4.74 Å². The van der Waals surface area contributed by atoms with Gasteiger partial charge in [0, 0.05) is 0 Å². The number of carbonyl (C=O) groups is 1. The third-order valence-corrected chi connectivity index (χ3v) is 1.95. The van der Waals surface area contributed by atoms with E-state index in [9.17, 15) is 17.7 Å². The fourth-order valence-electron chi connectivity index (χ4n) is 1.11. The summed E-state index contributed by atoms with van der Waals surface area (Å²) in [6.45, 7) is -5.26. The molecule has 0 bridgehead atoms. The summed E-state index contributed by atoms with van der Waals surface area (Å²) in [4.78, 5) is 11.0. The zero-order valence-corrected chi connectivity index (χ0v) is 9.04. The molecule has 0 spiro atoms. The van der Waals surface area contributed by atoms with Crippen LogP contribution in [-0.2, 0) is 11.3 Å². The molecule has 98 valence electrons. The number of benzene rings is 1. The Hall–Kier alpha value is 1.62. The molecule has 0 saturated heterocycles. The summed E-state index contributed by atoms with van der Waals surface area (Å²) in [6.07, 6.45) is -1.84. The maximum atomic E-state index is 11.8. The van der Waals surface area contributed by atoms with Gasteiger partial charge in [0.1, 0.15) is 6.61 Å². The molecule has 1 amide bonds. The fourth-order valence-corrected chi connectivity index (χ4v) is 1.11. The molecule has 3 nitrogen and oxygen atoms in total. The maximum absolute atomic E-state index is 11.8. The van der Waals surface area contributed by atoms with Crippen molar-refractivity contribution in [3.8, 4) is 0 Å². The molecule has 1 aromatic carbocycles. The van der Waals surface area contributed by atoms with Gasteiger partial charge in [-0.25, -0.2) is 4.79 Å². The molecule has 0 atom stereocenters. The molecule has 0 aromatic heterocycles. The number of hydrogen-bond donors (Lipinski definition) is 1. The van der Waals surface area contributed by atoms with E-state index < -0.39 is 25.9 Å². The van der Waals surface area contributed by atoms with Crippen molar-refractivity contribution in [2.45, 2.75) is 12.9 Å². The second kappa shape index (κ2) is 12.2. The Morgan fingerprint density at radius 3 is 2.26 bits per heavy atom. The standard InChI is InChI=1S/C10H12BF3NO2.2K.2H/c12-11(13,14)6-7-15-10(16)17-8-9-4-2-1-3-5-9;;;;/h1-5H,6-8H2,(H,15,16);;;;/q-1;;;;. The van der Waals surface area contributed by atoms with Crippen LogP contribution in [0.1, 0.15) is 5.56 Å². The van der Waals surface area contributed by atoms with Gasteiger partial charge in [0.2, 0.25) is 0 Å². The average Bonchev–Trinajstić information content (AvgIpc) is 2.26. The average molecular weight is 326 g/mol. The summed E-state index contributed by atoms with van der Waals surface area (Å²) in [5, 5.41) is 2.04. The SMILES string of the molecule is O=C(NCC[B-](F)(F)F)OCc1ccccc1.[KH].[KH]. The predicted octanol–water partition coefficient (Wildman–Crippen LogP) is 1.46. The van der Waals surface area contributed by atoms with Crippen molar-refractivity contribution in [3.05, 3.63) is 35.9 Å². The summed E-state index contributed by atoms with van der Waals surface area (Å²) in [5.41, 5.74) is 0.780. The van der Waals surface area contributed by atoms with Gasteiger partial charge in [-0.2, -0.15) is 0 Å². The first kappa shape index (κ1) is 22.9. The van der Waals surface area contributed by atoms with Crippen LogP contribution in [0.25, 0.3) is 0 Å². The third kappa shape index (κ3) is 13.0. The van der Waals surface area contributed by atoms with Crippen molar-refractivity contribution in [1.82, 2.24) is 5.32 Å². The molecule has 1 aromatic rings. The first-order valence-electron chi connectivity index (χ1n) is 5.13.